The summed E-state index contributed by atoms with van der Waals surface area (Å²) in [5.41, 5.74) is 4.30. The van der Waals surface area contributed by atoms with E-state index in [0.717, 1.165) is 22.2 Å². The number of likely N-dealkylation sites (tertiary alicyclic amines) is 1. The molecule has 0 aliphatic carbocycles. The highest BCUT2D eigenvalue weighted by atomic mass is 32.2. The first-order valence-corrected chi connectivity index (χ1v) is 13.6. The third kappa shape index (κ3) is 4.61. The maximum Gasteiger partial charge on any atom is 0.254 e. The minimum absolute atomic E-state index is 0.0495. The normalized spacial score (nSPS) is 15.0. The fraction of sp³-hybridized carbons (Fsp3) is 0.231. The Kier molecular flexibility index (Phi) is 6.20. The van der Waals surface area contributed by atoms with Crippen molar-refractivity contribution in [2.45, 2.75) is 30.0 Å². The summed E-state index contributed by atoms with van der Waals surface area (Å²) in [6.07, 6.45) is 1.15. The van der Waals surface area contributed by atoms with Crippen molar-refractivity contribution in [2.75, 3.05) is 13.1 Å². The van der Waals surface area contributed by atoms with Gasteiger partial charge in [0.05, 0.1) is 16.8 Å². The van der Waals surface area contributed by atoms with Gasteiger partial charge in [0, 0.05) is 30.1 Å². The fourth-order valence-electron chi connectivity index (χ4n) is 4.29. The number of aromatic nitrogens is 1. The monoisotopic (exact) mass is 491 g/mol. The number of piperidine rings is 1. The number of benzene rings is 2. The largest absolute Gasteiger partial charge is 0.339 e. The molecule has 0 radical (unpaired) electrons. The van der Waals surface area contributed by atoms with Gasteiger partial charge in [0.15, 0.2) is 0 Å². The van der Waals surface area contributed by atoms with E-state index in [1.807, 2.05) is 66.4 Å². The maximum atomic E-state index is 13.6. The zero-order valence-electron chi connectivity index (χ0n) is 18.8. The third-order valence-electron chi connectivity index (χ3n) is 6.16. The van der Waals surface area contributed by atoms with Crippen LogP contribution in [0.2, 0.25) is 0 Å². The summed E-state index contributed by atoms with van der Waals surface area (Å²) in [5.74, 6) is -0.0495. The van der Waals surface area contributed by atoms with E-state index in [2.05, 4.69) is 4.72 Å². The van der Waals surface area contributed by atoms with Gasteiger partial charge in [-0.3, -0.25) is 4.79 Å². The van der Waals surface area contributed by atoms with E-state index in [4.69, 9.17) is 4.98 Å². The molecule has 4 aromatic rings. The maximum absolute atomic E-state index is 13.6. The molecule has 0 spiro atoms. The molecular weight excluding hydrogens is 466 g/mol. The Hall–Kier alpha value is -3.07. The number of nitrogens with one attached hydrogen (secondary N) is 1. The number of para-hydroxylation sites is 1. The van der Waals surface area contributed by atoms with Crippen molar-refractivity contribution >= 4 is 38.2 Å². The van der Waals surface area contributed by atoms with E-state index in [9.17, 15) is 13.2 Å². The number of aryl methyl sites for hydroxylation is 1. The van der Waals surface area contributed by atoms with Crippen molar-refractivity contribution in [3.63, 3.8) is 0 Å². The third-order valence-corrected chi connectivity index (χ3v) is 9.08. The summed E-state index contributed by atoms with van der Waals surface area (Å²) in [5, 5.41) is 2.57. The quantitative estimate of drug-likeness (QED) is 0.433. The molecule has 2 aromatic heterocycles. The van der Waals surface area contributed by atoms with Crippen LogP contribution in [0.1, 0.15) is 28.8 Å². The molecule has 174 valence electrons. The second-order valence-electron chi connectivity index (χ2n) is 8.56. The first-order chi connectivity index (χ1) is 16.4. The number of hydrogen-bond donors (Lipinski definition) is 1. The first-order valence-electron chi connectivity index (χ1n) is 11.2. The van der Waals surface area contributed by atoms with Gasteiger partial charge in [0.2, 0.25) is 10.0 Å². The van der Waals surface area contributed by atoms with Gasteiger partial charge in [-0.25, -0.2) is 18.1 Å². The standard InChI is InChI=1S/C26H25N3O3S2/c1-18-8-10-19(11-9-18)24-17-22(21-5-2-3-6-23(21)27-24)26(30)29-14-12-20(13-15-29)28-34(31,32)25-7-4-16-33-25/h2-11,16-17,20,28H,12-15H2,1H3. The fourth-order valence-corrected chi connectivity index (χ4v) is 6.60. The SMILES string of the molecule is Cc1ccc(-c2cc(C(=O)N3CCC(NS(=O)(=O)c4cccs4)CC3)c3ccccc3n2)cc1. The molecule has 0 unspecified atom stereocenters. The van der Waals surface area contributed by atoms with E-state index in [1.54, 1.807) is 17.5 Å². The van der Waals surface area contributed by atoms with Crippen LogP contribution in [-0.2, 0) is 10.0 Å². The second kappa shape index (κ2) is 9.29. The van der Waals surface area contributed by atoms with E-state index in [1.165, 1.54) is 16.9 Å². The zero-order valence-corrected chi connectivity index (χ0v) is 20.4. The minimum atomic E-state index is -3.52. The molecule has 1 aliphatic heterocycles. The van der Waals surface area contributed by atoms with Crippen molar-refractivity contribution in [3.05, 3.63) is 83.2 Å². The Morgan fingerprint density at radius 2 is 1.76 bits per heavy atom. The number of thiophene rings is 1. The summed E-state index contributed by atoms with van der Waals surface area (Å²) < 4.78 is 28.2. The van der Waals surface area contributed by atoms with Crippen LogP contribution in [-0.4, -0.2) is 43.3 Å². The van der Waals surface area contributed by atoms with Crippen molar-refractivity contribution in [3.8, 4) is 11.3 Å². The molecule has 1 amide bonds. The molecule has 0 saturated carbocycles. The minimum Gasteiger partial charge on any atom is -0.339 e. The number of amides is 1. The average Bonchev–Trinajstić information content (AvgIpc) is 3.40. The lowest BCUT2D eigenvalue weighted by Crippen LogP contribution is -2.46. The molecule has 8 heteroatoms. The van der Waals surface area contributed by atoms with Crippen LogP contribution >= 0.6 is 11.3 Å². The van der Waals surface area contributed by atoms with Gasteiger partial charge in [-0.15, -0.1) is 11.3 Å². The van der Waals surface area contributed by atoms with Crippen molar-refractivity contribution in [2.24, 2.45) is 0 Å². The number of pyridine rings is 1. The Labute approximate surface area is 203 Å². The zero-order chi connectivity index (χ0) is 23.7. The van der Waals surface area contributed by atoms with Gasteiger partial charge in [-0.05, 0) is 43.3 Å². The number of nitrogens with zero attached hydrogens (tertiary/aromatic N) is 2. The highest BCUT2D eigenvalue weighted by Gasteiger charge is 2.28. The van der Waals surface area contributed by atoms with E-state index >= 15 is 0 Å². The molecule has 0 atom stereocenters. The number of carbonyl (C=O) groups excluding carboxylic acids is 1. The molecule has 3 heterocycles. The van der Waals surface area contributed by atoms with Gasteiger partial charge < -0.3 is 4.90 Å². The average molecular weight is 492 g/mol. The summed E-state index contributed by atoms with van der Waals surface area (Å²) in [7, 11) is -3.52. The lowest BCUT2D eigenvalue weighted by atomic mass is 10.0. The summed E-state index contributed by atoms with van der Waals surface area (Å²) in [4.78, 5) is 20.2. The van der Waals surface area contributed by atoms with Gasteiger partial charge in [0.1, 0.15) is 4.21 Å². The number of hydrogen-bond acceptors (Lipinski definition) is 5. The lowest BCUT2D eigenvalue weighted by Gasteiger charge is -2.32. The molecule has 1 saturated heterocycles. The smallest absolute Gasteiger partial charge is 0.254 e. The van der Waals surface area contributed by atoms with Gasteiger partial charge in [-0.1, -0.05) is 54.1 Å². The summed E-state index contributed by atoms with van der Waals surface area (Å²) >= 11 is 1.20. The number of carbonyl (C=O) groups is 1. The van der Waals surface area contributed by atoms with E-state index < -0.39 is 10.0 Å². The van der Waals surface area contributed by atoms with Crippen LogP contribution in [0, 0.1) is 6.92 Å². The Bertz CT molecular complexity index is 1420. The van der Waals surface area contributed by atoms with E-state index in [-0.39, 0.29) is 11.9 Å². The summed E-state index contributed by atoms with van der Waals surface area (Å²) in [6.45, 7) is 3.02. The topological polar surface area (TPSA) is 79.4 Å². The van der Waals surface area contributed by atoms with Gasteiger partial charge in [-0.2, -0.15) is 0 Å². The molecule has 34 heavy (non-hydrogen) atoms. The molecule has 5 rings (SSSR count). The Morgan fingerprint density at radius 3 is 2.47 bits per heavy atom. The van der Waals surface area contributed by atoms with Crippen LogP contribution in [0.5, 0.6) is 0 Å². The van der Waals surface area contributed by atoms with Crippen LogP contribution in [0.3, 0.4) is 0 Å². The van der Waals surface area contributed by atoms with Crippen molar-refractivity contribution < 1.29 is 13.2 Å². The number of fused-ring (bicyclic) bond motifs is 1. The predicted octanol–water partition coefficient (Wildman–Crippen LogP) is 4.85. The number of sulfonamides is 1. The highest BCUT2D eigenvalue weighted by Crippen LogP contribution is 2.27. The van der Waals surface area contributed by atoms with Crippen LogP contribution in [0.15, 0.2) is 76.3 Å². The van der Waals surface area contributed by atoms with Gasteiger partial charge in [0.25, 0.3) is 5.91 Å². The second-order valence-corrected chi connectivity index (χ2v) is 11.4. The highest BCUT2D eigenvalue weighted by molar-refractivity contribution is 7.91. The summed E-state index contributed by atoms with van der Waals surface area (Å²) in [6, 6.07) is 20.8. The molecule has 1 fully saturated rings. The molecule has 2 aromatic carbocycles. The Balaban J connectivity index is 1.37. The van der Waals surface area contributed by atoms with Crippen LogP contribution < -0.4 is 4.72 Å². The van der Waals surface area contributed by atoms with E-state index in [0.29, 0.717) is 35.7 Å². The Morgan fingerprint density at radius 1 is 1.03 bits per heavy atom. The van der Waals surface area contributed by atoms with Crippen LogP contribution in [0.4, 0.5) is 0 Å². The van der Waals surface area contributed by atoms with Crippen molar-refractivity contribution in [1.82, 2.24) is 14.6 Å². The predicted molar refractivity (Wildman–Crippen MR) is 135 cm³/mol. The number of rotatable bonds is 5. The molecular formula is C26H25N3O3S2. The molecule has 1 N–H and O–H groups in total. The van der Waals surface area contributed by atoms with Crippen molar-refractivity contribution in [1.29, 1.82) is 0 Å². The molecule has 6 nitrogen and oxygen atoms in total. The molecule has 0 bridgehead atoms. The van der Waals surface area contributed by atoms with Gasteiger partial charge >= 0.3 is 0 Å². The van der Waals surface area contributed by atoms with Crippen LogP contribution in [0.25, 0.3) is 22.2 Å². The first kappa shape index (κ1) is 22.7. The lowest BCUT2D eigenvalue weighted by molar-refractivity contribution is 0.0713. The molecule has 1 aliphatic rings.